The Kier molecular flexibility index (Phi) is 8.85. The first-order chi connectivity index (χ1) is 16.0. The smallest absolute Gasteiger partial charge is 0.357 e. The molecular formula is C24H28N2O5S2. The molecule has 0 radical (unpaired) electrons. The first-order valence-corrected chi connectivity index (χ1v) is 12.4. The minimum absolute atomic E-state index is 0.148. The van der Waals surface area contributed by atoms with Crippen LogP contribution < -0.4 is 9.47 Å². The number of hydrogen-bond acceptors (Lipinski definition) is 8. The minimum Gasteiger partial charge on any atom is -0.496 e. The third-order valence-corrected chi connectivity index (χ3v) is 6.69. The zero-order valence-corrected chi connectivity index (χ0v) is 20.9. The number of benzene rings is 1. The van der Waals surface area contributed by atoms with Crippen LogP contribution in [0.5, 0.6) is 11.5 Å². The molecule has 7 nitrogen and oxygen atoms in total. The number of ether oxygens (including phenoxy) is 3. The standard InChI is InChI=1S/C24H28N2O5S2/c1-5-31-24(28)19-15-33-22(25-19)13-26(9-6-7-17-8-10-32-14-17)23(27)18-11-20(29-3)16(2)21(12-18)30-4/h8,10-12,14-15H,5-7,9,13H2,1-4H3. The predicted molar refractivity (Wildman–Crippen MR) is 130 cm³/mol. The molecule has 0 aliphatic rings. The molecule has 0 N–H and O–H groups in total. The van der Waals surface area contributed by atoms with Crippen molar-refractivity contribution in [1.82, 2.24) is 9.88 Å². The summed E-state index contributed by atoms with van der Waals surface area (Å²) in [6, 6.07) is 5.56. The van der Waals surface area contributed by atoms with Crippen molar-refractivity contribution in [3.05, 3.63) is 61.7 Å². The number of aryl methyl sites for hydroxylation is 1. The molecule has 0 fully saturated rings. The van der Waals surface area contributed by atoms with E-state index in [1.807, 2.05) is 6.92 Å². The fourth-order valence-electron chi connectivity index (χ4n) is 3.40. The van der Waals surface area contributed by atoms with E-state index in [0.717, 1.165) is 18.4 Å². The van der Waals surface area contributed by atoms with Gasteiger partial charge in [-0.25, -0.2) is 9.78 Å². The van der Waals surface area contributed by atoms with Crippen molar-refractivity contribution in [2.45, 2.75) is 33.2 Å². The average Bonchev–Trinajstić information content (AvgIpc) is 3.50. The molecular weight excluding hydrogens is 460 g/mol. The Bertz CT molecular complexity index is 1050. The number of thiophene rings is 1. The first kappa shape index (κ1) is 24.7. The van der Waals surface area contributed by atoms with E-state index in [1.165, 1.54) is 16.9 Å². The van der Waals surface area contributed by atoms with Gasteiger partial charge in [0.2, 0.25) is 0 Å². The number of nitrogens with zero attached hydrogens (tertiary/aromatic N) is 2. The topological polar surface area (TPSA) is 78.0 Å². The molecule has 0 saturated carbocycles. The van der Waals surface area contributed by atoms with Gasteiger partial charge >= 0.3 is 5.97 Å². The van der Waals surface area contributed by atoms with Crippen LogP contribution in [-0.4, -0.2) is 49.1 Å². The lowest BCUT2D eigenvalue weighted by Crippen LogP contribution is -2.32. The van der Waals surface area contributed by atoms with Gasteiger partial charge in [-0.05, 0) is 61.2 Å². The van der Waals surface area contributed by atoms with E-state index >= 15 is 0 Å². The normalized spacial score (nSPS) is 10.7. The summed E-state index contributed by atoms with van der Waals surface area (Å²) >= 11 is 3.00. The Morgan fingerprint density at radius 3 is 2.45 bits per heavy atom. The van der Waals surface area contributed by atoms with E-state index in [1.54, 1.807) is 54.9 Å². The van der Waals surface area contributed by atoms with E-state index in [0.29, 0.717) is 35.2 Å². The van der Waals surface area contributed by atoms with Gasteiger partial charge in [-0.2, -0.15) is 11.3 Å². The maximum absolute atomic E-state index is 13.5. The zero-order chi connectivity index (χ0) is 23.8. The van der Waals surface area contributed by atoms with Crippen molar-refractivity contribution < 1.29 is 23.8 Å². The lowest BCUT2D eigenvalue weighted by molar-refractivity contribution is 0.0520. The van der Waals surface area contributed by atoms with Gasteiger partial charge in [-0.3, -0.25) is 4.79 Å². The van der Waals surface area contributed by atoms with Crippen molar-refractivity contribution >= 4 is 34.6 Å². The van der Waals surface area contributed by atoms with Gasteiger partial charge < -0.3 is 19.1 Å². The molecule has 3 aromatic rings. The second-order valence-electron chi connectivity index (χ2n) is 7.31. The maximum atomic E-state index is 13.5. The van der Waals surface area contributed by atoms with Crippen molar-refractivity contribution in [3.63, 3.8) is 0 Å². The van der Waals surface area contributed by atoms with Crippen LogP contribution in [-0.2, 0) is 17.7 Å². The highest BCUT2D eigenvalue weighted by Crippen LogP contribution is 2.30. The molecule has 2 aromatic heterocycles. The summed E-state index contributed by atoms with van der Waals surface area (Å²) in [6.07, 6.45) is 1.68. The minimum atomic E-state index is -0.455. The number of amides is 1. The molecule has 0 saturated heterocycles. The van der Waals surface area contributed by atoms with Crippen LogP contribution in [0.25, 0.3) is 0 Å². The Hall–Kier alpha value is -2.91. The van der Waals surface area contributed by atoms with Gasteiger partial charge in [0.15, 0.2) is 5.69 Å². The molecule has 0 atom stereocenters. The van der Waals surface area contributed by atoms with E-state index in [2.05, 4.69) is 21.8 Å². The first-order valence-electron chi connectivity index (χ1n) is 10.6. The second-order valence-corrected chi connectivity index (χ2v) is 9.04. The number of aromatic nitrogens is 1. The van der Waals surface area contributed by atoms with Crippen LogP contribution in [0.4, 0.5) is 0 Å². The van der Waals surface area contributed by atoms with Crippen LogP contribution in [0.1, 0.15) is 50.3 Å². The number of hydrogen-bond donors (Lipinski definition) is 0. The van der Waals surface area contributed by atoms with Gasteiger partial charge in [0.25, 0.3) is 5.91 Å². The number of carbonyl (C=O) groups is 2. The molecule has 0 bridgehead atoms. The molecule has 0 aliphatic carbocycles. The average molecular weight is 489 g/mol. The lowest BCUT2D eigenvalue weighted by Gasteiger charge is -2.23. The molecule has 0 aliphatic heterocycles. The van der Waals surface area contributed by atoms with Crippen molar-refractivity contribution in [1.29, 1.82) is 0 Å². The summed E-state index contributed by atoms with van der Waals surface area (Å²) in [5.74, 6) is 0.581. The van der Waals surface area contributed by atoms with Crippen molar-refractivity contribution in [2.24, 2.45) is 0 Å². The molecule has 3 rings (SSSR count). The molecule has 1 amide bonds. The van der Waals surface area contributed by atoms with E-state index in [9.17, 15) is 9.59 Å². The van der Waals surface area contributed by atoms with Gasteiger partial charge in [-0.1, -0.05) is 0 Å². The number of methoxy groups -OCH3 is 2. The molecule has 0 spiro atoms. The fourth-order valence-corrected chi connectivity index (χ4v) is 4.88. The van der Waals surface area contributed by atoms with Crippen molar-refractivity contribution in [3.8, 4) is 11.5 Å². The Morgan fingerprint density at radius 1 is 1.12 bits per heavy atom. The van der Waals surface area contributed by atoms with Crippen LogP contribution >= 0.6 is 22.7 Å². The van der Waals surface area contributed by atoms with Crippen LogP contribution in [0, 0.1) is 6.92 Å². The molecule has 2 heterocycles. The number of carbonyl (C=O) groups excluding carboxylic acids is 2. The van der Waals surface area contributed by atoms with E-state index in [4.69, 9.17) is 14.2 Å². The van der Waals surface area contributed by atoms with Crippen molar-refractivity contribution in [2.75, 3.05) is 27.4 Å². The fraction of sp³-hybridized carbons (Fsp3) is 0.375. The van der Waals surface area contributed by atoms with Crippen LogP contribution in [0.2, 0.25) is 0 Å². The third-order valence-electron chi connectivity index (χ3n) is 5.12. The van der Waals surface area contributed by atoms with Crippen LogP contribution in [0.15, 0.2) is 34.3 Å². The Morgan fingerprint density at radius 2 is 1.85 bits per heavy atom. The summed E-state index contributed by atoms with van der Waals surface area (Å²) in [4.78, 5) is 31.7. The van der Waals surface area contributed by atoms with Crippen LogP contribution in [0.3, 0.4) is 0 Å². The number of thiazole rings is 1. The quantitative estimate of drug-likeness (QED) is 0.354. The summed E-state index contributed by atoms with van der Waals surface area (Å²) in [5, 5.41) is 6.51. The van der Waals surface area contributed by atoms with Gasteiger partial charge in [0.05, 0.1) is 27.4 Å². The van der Waals surface area contributed by atoms with Gasteiger partial charge in [0, 0.05) is 23.1 Å². The summed E-state index contributed by atoms with van der Waals surface area (Å²) in [7, 11) is 3.14. The molecule has 9 heteroatoms. The van der Waals surface area contributed by atoms with E-state index in [-0.39, 0.29) is 18.2 Å². The lowest BCUT2D eigenvalue weighted by atomic mass is 10.1. The largest absolute Gasteiger partial charge is 0.496 e. The molecule has 33 heavy (non-hydrogen) atoms. The zero-order valence-electron chi connectivity index (χ0n) is 19.3. The number of rotatable bonds is 11. The third kappa shape index (κ3) is 6.33. The predicted octanol–water partition coefficient (Wildman–Crippen LogP) is 4.98. The molecule has 0 unspecified atom stereocenters. The number of esters is 1. The molecule has 1 aromatic carbocycles. The van der Waals surface area contributed by atoms with Gasteiger partial charge in [0.1, 0.15) is 16.5 Å². The van der Waals surface area contributed by atoms with Gasteiger partial charge in [-0.15, -0.1) is 11.3 Å². The summed E-state index contributed by atoms with van der Waals surface area (Å²) in [6.45, 7) is 4.77. The maximum Gasteiger partial charge on any atom is 0.357 e. The Balaban J connectivity index is 1.83. The highest BCUT2D eigenvalue weighted by atomic mass is 32.1. The summed E-state index contributed by atoms with van der Waals surface area (Å²) in [5.41, 5.74) is 2.83. The monoisotopic (exact) mass is 488 g/mol. The summed E-state index contributed by atoms with van der Waals surface area (Å²) < 4.78 is 15.9. The van der Waals surface area contributed by atoms with E-state index < -0.39 is 5.97 Å². The Labute approximate surface area is 201 Å². The highest BCUT2D eigenvalue weighted by molar-refractivity contribution is 7.09. The SMILES string of the molecule is CCOC(=O)c1csc(CN(CCCc2ccsc2)C(=O)c2cc(OC)c(C)c(OC)c2)n1. The highest BCUT2D eigenvalue weighted by Gasteiger charge is 2.22. The second kappa shape index (κ2) is 11.8. The molecule has 176 valence electrons.